The number of benzene rings is 1. The molecule has 0 unspecified atom stereocenters. The van der Waals surface area contributed by atoms with Crippen molar-refractivity contribution in [2.24, 2.45) is 0 Å². The number of aryl methyl sites for hydroxylation is 1. The summed E-state index contributed by atoms with van der Waals surface area (Å²) in [5.74, 6) is 1.64. The second-order valence-corrected chi connectivity index (χ2v) is 9.56. The zero-order valence-corrected chi connectivity index (χ0v) is 19.5. The summed E-state index contributed by atoms with van der Waals surface area (Å²) in [5, 5.41) is 0. The molecule has 2 aliphatic heterocycles. The van der Waals surface area contributed by atoms with Crippen LogP contribution in [-0.2, 0) is 17.8 Å². The third-order valence-electron chi connectivity index (χ3n) is 7.01. The summed E-state index contributed by atoms with van der Waals surface area (Å²) in [6, 6.07) is 12.1. The highest BCUT2D eigenvalue weighted by molar-refractivity contribution is 5.78. The highest BCUT2D eigenvalue weighted by atomic mass is 16.2. The van der Waals surface area contributed by atoms with Gasteiger partial charge in [0.15, 0.2) is 0 Å². The molecule has 1 fully saturated rings. The van der Waals surface area contributed by atoms with Crippen LogP contribution in [0.2, 0.25) is 0 Å². The van der Waals surface area contributed by atoms with Crippen LogP contribution in [0.5, 0.6) is 0 Å². The van der Waals surface area contributed by atoms with Gasteiger partial charge >= 0.3 is 0 Å². The number of aromatic nitrogens is 2. The van der Waals surface area contributed by atoms with E-state index >= 15 is 0 Å². The van der Waals surface area contributed by atoms with Crippen LogP contribution in [0.1, 0.15) is 67.9 Å². The molecule has 1 aromatic carbocycles. The summed E-state index contributed by atoms with van der Waals surface area (Å²) < 4.78 is 1.86. The Morgan fingerprint density at radius 3 is 2.78 bits per heavy atom. The molecular weight excluding hydrogens is 400 g/mol. The number of fused-ring (bicyclic) bond motifs is 1. The van der Waals surface area contributed by atoms with Gasteiger partial charge in [0.05, 0.1) is 12.2 Å². The fraction of sp³-hybridized carbons (Fsp3) is 0.577. The Kier molecular flexibility index (Phi) is 7.40. The van der Waals surface area contributed by atoms with E-state index in [9.17, 15) is 9.59 Å². The van der Waals surface area contributed by atoms with Crippen LogP contribution in [0.15, 0.2) is 41.2 Å². The third-order valence-corrected chi connectivity index (χ3v) is 7.01. The van der Waals surface area contributed by atoms with E-state index in [1.165, 1.54) is 5.56 Å². The van der Waals surface area contributed by atoms with E-state index in [0.29, 0.717) is 19.0 Å². The molecule has 6 nitrogen and oxygen atoms in total. The van der Waals surface area contributed by atoms with E-state index in [1.807, 2.05) is 34.7 Å². The Balaban J connectivity index is 1.37. The summed E-state index contributed by atoms with van der Waals surface area (Å²) in [6.45, 7) is 5.82. The van der Waals surface area contributed by atoms with Crippen molar-refractivity contribution in [3.8, 4) is 0 Å². The minimum Gasteiger partial charge on any atom is -0.344 e. The Morgan fingerprint density at radius 2 is 1.97 bits per heavy atom. The van der Waals surface area contributed by atoms with E-state index in [1.54, 1.807) is 6.07 Å². The van der Waals surface area contributed by atoms with Crippen molar-refractivity contribution in [2.75, 3.05) is 33.2 Å². The molecule has 2 atom stereocenters. The second-order valence-electron chi connectivity index (χ2n) is 9.56. The molecule has 1 amide bonds. The predicted molar refractivity (Wildman–Crippen MR) is 127 cm³/mol. The lowest BCUT2D eigenvalue weighted by atomic mass is 9.94. The standard InChI is InChI=1S/C26H36N4O2/c1-20(21-10-5-3-6-11-21)17-28(2)26(32)19-29-14-9-12-22(18-29)23-16-25(31)30-15-8-4-7-13-24(30)27-23/h3,5-6,10-11,16,20,22H,4,7-9,12-15,17-19H2,1-2H3/t20-,22-/m1/s1. The van der Waals surface area contributed by atoms with Gasteiger partial charge in [-0.2, -0.15) is 0 Å². The van der Waals surface area contributed by atoms with Crippen molar-refractivity contribution in [1.29, 1.82) is 0 Å². The largest absolute Gasteiger partial charge is 0.344 e. The summed E-state index contributed by atoms with van der Waals surface area (Å²) in [4.78, 5) is 34.6. The molecule has 0 spiro atoms. The first-order valence-corrected chi connectivity index (χ1v) is 12.1. The Bertz CT molecular complexity index is 972. The van der Waals surface area contributed by atoms with Crippen molar-refractivity contribution >= 4 is 5.91 Å². The van der Waals surface area contributed by atoms with Gasteiger partial charge in [-0.05, 0) is 43.7 Å². The van der Waals surface area contributed by atoms with Gasteiger partial charge in [-0.1, -0.05) is 43.7 Å². The molecule has 3 heterocycles. The number of nitrogens with zero attached hydrogens (tertiary/aromatic N) is 4. The lowest BCUT2D eigenvalue weighted by Crippen LogP contribution is -2.43. The molecule has 172 valence electrons. The molecule has 2 aliphatic rings. The van der Waals surface area contributed by atoms with Crippen LogP contribution in [0.4, 0.5) is 0 Å². The lowest BCUT2D eigenvalue weighted by Gasteiger charge is -2.33. The quantitative estimate of drug-likeness (QED) is 0.696. The van der Waals surface area contributed by atoms with Crippen molar-refractivity contribution in [1.82, 2.24) is 19.4 Å². The average Bonchev–Trinajstić information content (AvgIpc) is 3.06. The first kappa shape index (κ1) is 22.7. The molecule has 0 bridgehead atoms. The van der Waals surface area contributed by atoms with E-state index < -0.39 is 0 Å². The maximum Gasteiger partial charge on any atom is 0.253 e. The van der Waals surface area contributed by atoms with Gasteiger partial charge in [0, 0.05) is 45.1 Å². The monoisotopic (exact) mass is 436 g/mol. The summed E-state index contributed by atoms with van der Waals surface area (Å²) in [5.41, 5.74) is 2.27. The smallest absolute Gasteiger partial charge is 0.253 e. The van der Waals surface area contributed by atoms with Crippen molar-refractivity contribution < 1.29 is 4.79 Å². The van der Waals surface area contributed by atoms with E-state index in [2.05, 4.69) is 24.0 Å². The van der Waals surface area contributed by atoms with Crippen molar-refractivity contribution in [3.63, 3.8) is 0 Å². The van der Waals surface area contributed by atoms with E-state index in [4.69, 9.17) is 4.98 Å². The number of amides is 1. The van der Waals surface area contributed by atoms with Crippen LogP contribution < -0.4 is 5.56 Å². The molecule has 0 radical (unpaired) electrons. The highest BCUT2D eigenvalue weighted by Gasteiger charge is 2.26. The number of piperidine rings is 1. The van der Waals surface area contributed by atoms with Gasteiger partial charge in [-0.3, -0.25) is 19.1 Å². The van der Waals surface area contributed by atoms with Crippen molar-refractivity contribution in [3.05, 3.63) is 63.8 Å². The summed E-state index contributed by atoms with van der Waals surface area (Å²) >= 11 is 0. The Hall–Kier alpha value is -2.47. The molecule has 0 aliphatic carbocycles. The number of carbonyl (C=O) groups excluding carboxylic acids is 1. The molecular formula is C26H36N4O2. The predicted octanol–water partition coefficient (Wildman–Crippen LogP) is 3.41. The van der Waals surface area contributed by atoms with Crippen LogP contribution in [-0.4, -0.2) is 58.5 Å². The molecule has 32 heavy (non-hydrogen) atoms. The molecule has 6 heteroatoms. The Labute approximate surface area is 191 Å². The maximum absolute atomic E-state index is 12.9. The average molecular weight is 437 g/mol. The molecule has 1 aromatic heterocycles. The fourth-order valence-corrected chi connectivity index (χ4v) is 5.09. The summed E-state index contributed by atoms with van der Waals surface area (Å²) in [7, 11) is 1.90. The van der Waals surface area contributed by atoms with E-state index in [-0.39, 0.29) is 17.4 Å². The van der Waals surface area contributed by atoms with Crippen LogP contribution in [0.25, 0.3) is 0 Å². The number of rotatable bonds is 6. The minimum atomic E-state index is 0.0923. The van der Waals surface area contributed by atoms with E-state index in [0.717, 1.165) is 69.7 Å². The minimum absolute atomic E-state index is 0.0923. The van der Waals surface area contributed by atoms with Gasteiger partial charge < -0.3 is 4.90 Å². The highest BCUT2D eigenvalue weighted by Crippen LogP contribution is 2.26. The topological polar surface area (TPSA) is 58.4 Å². The van der Waals surface area contributed by atoms with Gasteiger partial charge in [0.2, 0.25) is 5.91 Å². The SMILES string of the molecule is C[C@H](CN(C)C(=O)CN1CCC[C@@H](c2cc(=O)n3c(n2)CCCCC3)C1)c1ccccc1. The van der Waals surface area contributed by atoms with Gasteiger partial charge in [0.1, 0.15) is 5.82 Å². The lowest BCUT2D eigenvalue weighted by molar-refractivity contribution is -0.131. The first-order chi connectivity index (χ1) is 15.5. The second kappa shape index (κ2) is 10.4. The number of likely N-dealkylation sites (tertiary alicyclic amines) is 1. The van der Waals surface area contributed by atoms with Gasteiger partial charge in [0.25, 0.3) is 5.56 Å². The van der Waals surface area contributed by atoms with Gasteiger partial charge in [-0.25, -0.2) is 4.98 Å². The molecule has 1 saturated heterocycles. The van der Waals surface area contributed by atoms with Gasteiger partial charge in [-0.15, -0.1) is 0 Å². The number of likely N-dealkylation sites (N-methyl/N-ethyl adjacent to an activating group) is 1. The first-order valence-electron chi connectivity index (χ1n) is 12.1. The number of carbonyl (C=O) groups is 1. The molecule has 4 rings (SSSR count). The van der Waals surface area contributed by atoms with Crippen LogP contribution in [0, 0.1) is 0 Å². The normalized spacial score (nSPS) is 20.2. The zero-order valence-electron chi connectivity index (χ0n) is 19.5. The molecule has 0 saturated carbocycles. The Morgan fingerprint density at radius 1 is 1.16 bits per heavy atom. The number of hydrogen-bond donors (Lipinski definition) is 0. The zero-order chi connectivity index (χ0) is 22.5. The number of hydrogen-bond acceptors (Lipinski definition) is 4. The van der Waals surface area contributed by atoms with Crippen LogP contribution >= 0.6 is 0 Å². The van der Waals surface area contributed by atoms with Crippen molar-refractivity contribution in [2.45, 2.75) is 63.8 Å². The molecule has 2 aromatic rings. The molecule has 0 N–H and O–H groups in total. The summed E-state index contributed by atoms with van der Waals surface area (Å²) in [6.07, 6.45) is 6.28. The van der Waals surface area contributed by atoms with Crippen LogP contribution in [0.3, 0.4) is 0 Å². The maximum atomic E-state index is 12.9. The fourth-order valence-electron chi connectivity index (χ4n) is 5.09. The third kappa shape index (κ3) is 5.47.